The Balaban J connectivity index is 0.000000367. The highest BCUT2D eigenvalue weighted by Crippen LogP contribution is 2.16. The second-order valence-electron chi connectivity index (χ2n) is 6.59. The average Bonchev–Trinajstić information content (AvgIpc) is 3.33. The van der Waals surface area contributed by atoms with Crippen LogP contribution < -0.4 is 4.74 Å². The van der Waals surface area contributed by atoms with E-state index >= 15 is 0 Å². The molecule has 0 saturated heterocycles. The van der Waals surface area contributed by atoms with Crippen molar-refractivity contribution in [2.24, 2.45) is 0 Å². The number of H-pyrrole nitrogens is 1. The molecule has 30 heavy (non-hydrogen) atoms. The maximum absolute atomic E-state index is 9.51. The molecule has 2 aromatic carbocycles. The molecule has 4 heteroatoms. The van der Waals surface area contributed by atoms with Crippen molar-refractivity contribution in [3.05, 3.63) is 120 Å². The highest BCUT2D eigenvalue weighted by molar-refractivity contribution is 5.42. The van der Waals surface area contributed by atoms with Gasteiger partial charge in [0.15, 0.2) is 0 Å². The molecule has 2 aromatic heterocycles. The minimum Gasteiger partial charge on any atom is -0.489 e. The molecular weight excluding hydrogens is 372 g/mol. The molecule has 0 amide bonds. The van der Waals surface area contributed by atoms with Crippen LogP contribution in [0.5, 0.6) is 5.75 Å². The minimum absolute atomic E-state index is 0.445. The van der Waals surface area contributed by atoms with Crippen LogP contribution in [-0.4, -0.2) is 15.1 Å². The minimum atomic E-state index is -0.445. The van der Waals surface area contributed by atoms with Crippen LogP contribution >= 0.6 is 0 Å². The number of pyridine rings is 1. The van der Waals surface area contributed by atoms with Crippen LogP contribution in [0, 0.1) is 11.8 Å². The summed E-state index contributed by atoms with van der Waals surface area (Å²) in [6.45, 7) is 2.25. The fraction of sp³-hybridized carbons (Fsp3) is 0.115. The summed E-state index contributed by atoms with van der Waals surface area (Å²) in [6, 6.07) is 25.1. The van der Waals surface area contributed by atoms with E-state index in [0.717, 1.165) is 28.1 Å². The Kier molecular flexibility index (Phi) is 7.85. The van der Waals surface area contributed by atoms with E-state index in [1.54, 1.807) is 19.3 Å². The summed E-state index contributed by atoms with van der Waals surface area (Å²) >= 11 is 0. The van der Waals surface area contributed by atoms with Crippen molar-refractivity contribution in [2.45, 2.75) is 19.6 Å². The Labute approximate surface area is 177 Å². The molecule has 0 aliphatic carbocycles. The molecule has 4 aromatic rings. The first-order valence-corrected chi connectivity index (χ1v) is 9.71. The molecule has 2 heterocycles. The lowest BCUT2D eigenvalue weighted by Gasteiger charge is -2.08. The lowest BCUT2D eigenvalue weighted by molar-refractivity contribution is 0.199. The van der Waals surface area contributed by atoms with Crippen LogP contribution in [0.1, 0.15) is 35.4 Å². The van der Waals surface area contributed by atoms with E-state index in [4.69, 9.17) is 4.74 Å². The third kappa shape index (κ3) is 6.97. The van der Waals surface area contributed by atoms with Crippen LogP contribution in [0.15, 0.2) is 97.5 Å². The first kappa shape index (κ1) is 20.9. The molecule has 0 radical (unpaired) electrons. The zero-order valence-electron chi connectivity index (χ0n) is 16.8. The van der Waals surface area contributed by atoms with Crippen molar-refractivity contribution < 1.29 is 9.84 Å². The zero-order chi connectivity index (χ0) is 21.0. The number of aliphatic hydroxyl groups excluding tert-OH is 1. The lowest BCUT2D eigenvalue weighted by Crippen LogP contribution is -1.97. The SMILES string of the molecule is CC(O)c1ccc(COc2ccc(C#Cc3ccc[nH]3)cc2)cc1.c1ccncc1. The van der Waals surface area contributed by atoms with Gasteiger partial charge in [0.1, 0.15) is 12.4 Å². The van der Waals surface area contributed by atoms with Crippen molar-refractivity contribution in [1.29, 1.82) is 0 Å². The number of benzene rings is 2. The highest BCUT2D eigenvalue weighted by atomic mass is 16.5. The second-order valence-corrected chi connectivity index (χ2v) is 6.59. The summed E-state index contributed by atoms with van der Waals surface area (Å²) in [5.74, 6) is 6.98. The van der Waals surface area contributed by atoms with Gasteiger partial charge in [-0.3, -0.25) is 4.98 Å². The van der Waals surface area contributed by atoms with Gasteiger partial charge >= 0.3 is 0 Å². The number of hydrogen-bond acceptors (Lipinski definition) is 3. The molecule has 1 unspecified atom stereocenters. The van der Waals surface area contributed by atoms with Crippen molar-refractivity contribution in [3.8, 4) is 17.6 Å². The molecule has 0 spiro atoms. The third-order valence-corrected chi connectivity index (χ3v) is 4.23. The van der Waals surface area contributed by atoms with E-state index in [2.05, 4.69) is 21.8 Å². The Morgan fingerprint density at radius 1 is 0.900 bits per heavy atom. The van der Waals surface area contributed by atoms with Gasteiger partial charge in [0.25, 0.3) is 0 Å². The van der Waals surface area contributed by atoms with Gasteiger partial charge in [0, 0.05) is 24.2 Å². The Bertz CT molecular complexity index is 1020. The summed E-state index contributed by atoms with van der Waals surface area (Å²) in [5, 5.41) is 9.51. The zero-order valence-corrected chi connectivity index (χ0v) is 16.8. The summed E-state index contributed by atoms with van der Waals surface area (Å²) in [7, 11) is 0. The van der Waals surface area contributed by atoms with E-state index in [1.165, 1.54) is 0 Å². The van der Waals surface area contributed by atoms with Gasteiger partial charge < -0.3 is 14.8 Å². The first-order valence-electron chi connectivity index (χ1n) is 9.71. The standard InChI is InChI=1S/C21H19NO2.C5H5N/c1-16(23)19-9-4-18(5-10-19)15-24-21-12-7-17(8-13-21)6-11-20-3-2-14-22-20;1-2-4-6-5-3-1/h2-5,7-10,12-14,16,22-23H,15H2,1H3;1-5H. The van der Waals surface area contributed by atoms with E-state index in [0.29, 0.717) is 6.61 Å². The fourth-order valence-electron chi connectivity index (χ4n) is 2.55. The number of rotatable bonds is 4. The third-order valence-electron chi connectivity index (χ3n) is 4.23. The predicted molar refractivity (Wildman–Crippen MR) is 119 cm³/mol. The maximum atomic E-state index is 9.51. The smallest absolute Gasteiger partial charge is 0.119 e. The number of aliphatic hydroxyl groups is 1. The van der Waals surface area contributed by atoms with Gasteiger partial charge in [-0.1, -0.05) is 36.3 Å². The molecule has 150 valence electrons. The van der Waals surface area contributed by atoms with Gasteiger partial charge in [0.05, 0.1) is 11.8 Å². The average molecular weight is 396 g/mol. The van der Waals surface area contributed by atoms with Crippen LogP contribution in [0.2, 0.25) is 0 Å². The van der Waals surface area contributed by atoms with Gasteiger partial charge in [-0.05, 0) is 72.5 Å². The number of aromatic nitrogens is 2. The van der Waals surface area contributed by atoms with Crippen molar-refractivity contribution in [2.75, 3.05) is 0 Å². The quantitative estimate of drug-likeness (QED) is 0.470. The summed E-state index contributed by atoms with van der Waals surface area (Å²) < 4.78 is 5.78. The van der Waals surface area contributed by atoms with Crippen molar-refractivity contribution in [1.82, 2.24) is 9.97 Å². The van der Waals surface area contributed by atoms with Crippen LogP contribution in [0.25, 0.3) is 0 Å². The number of aromatic amines is 1. The van der Waals surface area contributed by atoms with Gasteiger partial charge in [-0.25, -0.2) is 0 Å². The van der Waals surface area contributed by atoms with Crippen LogP contribution in [0.3, 0.4) is 0 Å². The Hall–Kier alpha value is -3.81. The number of hydrogen-bond donors (Lipinski definition) is 2. The molecular formula is C26H24N2O2. The molecule has 0 bridgehead atoms. The van der Waals surface area contributed by atoms with Gasteiger partial charge in [-0.2, -0.15) is 0 Å². The maximum Gasteiger partial charge on any atom is 0.119 e. The topological polar surface area (TPSA) is 58.1 Å². The first-order chi connectivity index (χ1) is 14.7. The van der Waals surface area contributed by atoms with Crippen LogP contribution in [-0.2, 0) is 6.61 Å². The molecule has 0 aliphatic rings. The summed E-state index contributed by atoms with van der Waals surface area (Å²) in [6.07, 6.45) is 4.91. The Morgan fingerprint density at radius 3 is 2.17 bits per heavy atom. The number of ether oxygens (including phenoxy) is 1. The molecule has 0 aliphatic heterocycles. The summed E-state index contributed by atoms with van der Waals surface area (Å²) in [4.78, 5) is 6.84. The van der Waals surface area contributed by atoms with Crippen LogP contribution in [0.4, 0.5) is 0 Å². The number of nitrogens with zero attached hydrogens (tertiary/aromatic N) is 1. The second kappa shape index (κ2) is 11.3. The molecule has 4 nitrogen and oxygen atoms in total. The van der Waals surface area contributed by atoms with E-state index in [9.17, 15) is 5.11 Å². The van der Waals surface area contributed by atoms with E-state index in [-0.39, 0.29) is 0 Å². The molecule has 0 fully saturated rings. The van der Waals surface area contributed by atoms with Gasteiger partial charge in [-0.15, -0.1) is 0 Å². The highest BCUT2D eigenvalue weighted by Gasteiger charge is 2.01. The normalized spacial score (nSPS) is 10.7. The largest absolute Gasteiger partial charge is 0.489 e. The fourth-order valence-corrected chi connectivity index (χ4v) is 2.55. The molecule has 1 atom stereocenters. The van der Waals surface area contributed by atoms with Crippen molar-refractivity contribution >= 4 is 0 Å². The van der Waals surface area contributed by atoms with Gasteiger partial charge in [0.2, 0.25) is 0 Å². The molecule has 2 N–H and O–H groups in total. The summed E-state index contributed by atoms with van der Waals surface area (Å²) in [5.41, 5.74) is 3.81. The Morgan fingerprint density at radius 2 is 1.63 bits per heavy atom. The van der Waals surface area contributed by atoms with E-state index in [1.807, 2.05) is 85.1 Å². The number of nitrogens with one attached hydrogen (secondary N) is 1. The monoisotopic (exact) mass is 396 g/mol. The molecule has 4 rings (SSSR count). The molecule has 0 saturated carbocycles. The lowest BCUT2D eigenvalue weighted by atomic mass is 10.1. The van der Waals surface area contributed by atoms with E-state index < -0.39 is 6.10 Å². The predicted octanol–water partition coefficient (Wildman–Crippen LogP) is 5.13. The van der Waals surface area contributed by atoms with Crippen molar-refractivity contribution in [3.63, 3.8) is 0 Å².